The molecule has 0 saturated carbocycles. The number of anilines is 1. The summed E-state index contributed by atoms with van der Waals surface area (Å²) < 4.78 is 1.60. The zero-order chi connectivity index (χ0) is 19.6. The first kappa shape index (κ1) is 18.6. The smallest absolute Gasteiger partial charge is 0.280 e. The number of aromatic nitrogens is 2. The molecule has 0 bridgehead atoms. The minimum atomic E-state index is -0.520. The highest BCUT2D eigenvalue weighted by molar-refractivity contribution is 6.02. The summed E-state index contributed by atoms with van der Waals surface area (Å²) in [7, 11) is 0. The minimum Gasteiger partial charge on any atom is -0.320 e. The van der Waals surface area contributed by atoms with Crippen LogP contribution in [0.1, 0.15) is 42.5 Å². The fourth-order valence-corrected chi connectivity index (χ4v) is 2.78. The Morgan fingerprint density at radius 2 is 1.63 bits per heavy atom. The van der Waals surface area contributed by atoms with E-state index in [0.29, 0.717) is 11.4 Å². The lowest BCUT2D eigenvalue weighted by atomic mass is 9.87. The van der Waals surface area contributed by atoms with Crippen molar-refractivity contribution in [3.8, 4) is 5.69 Å². The first-order valence-corrected chi connectivity index (χ1v) is 8.84. The van der Waals surface area contributed by atoms with Crippen LogP contribution in [0.25, 0.3) is 5.69 Å². The van der Waals surface area contributed by atoms with E-state index in [1.807, 2.05) is 54.6 Å². The average Bonchev–Trinajstić information content (AvgIpc) is 2.62. The molecule has 2 aromatic carbocycles. The Kier molecular flexibility index (Phi) is 4.95. The van der Waals surface area contributed by atoms with Crippen molar-refractivity contribution < 1.29 is 4.79 Å². The SMILES string of the molecule is Cc1cc(=O)c(C(=O)Nc2ccc(C(C)(C)C)cc2)nn1-c1ccccc1. The van der Waals surface area contributed by atoms with E-state index < -0.39 is 11.3 Å². The Labute approximate surface area is 158 Å². The third-order valence-corrected chi connectivity index (χ3v) is 4.33. The second kappa shape index (κ2) is 7.19. The van der Waals surface area contributed by atoms with Gasteiger partial charge in [0.15, 0.2) is 5.69 Å². The normalized spacial score (nSPS) is 11.3. The number of nitrogens with zero attached hydrogens (tertiary/aromatic N) is 2. The molecular formula is C22H23N3O2. The third-order valence-electron chi connectivity index (χ3n) is 4.33. The maximum atomic E-state index is 12.6. The molecule has 138 valence electrons. The van der Waals surface area contributed by atoms with Crippen LogP contribution in [0.3, 0.4) is 0 Å². The molecule has 0 aliphatic rings. The summed E-state index contributed by atoms with van der Waals surface area (Å²) >= 11 is 0. The van der Waals surface area contributed by atoms with Gasteiger partial charge >= 0.3 is 0 Å². The molecule has 0 atom stereocenters. The second-order valence-corrected chi connectivity index (χ2v) is 7.53. The van der Waals surface area contributed by atoms with Gasteiger partial charge in [0.25, 0.3) is 5.91 Å². The molecule has 1 N–H and O–H groups in total. The topological polar surface area (TPSA) is 64.0 Å². The Morgan fingerprint density at radius 1 is 1.00 bits per heavy atom. The van der Waals surface area contributed by atoms with E-state index in [1.165, 1.54) is 11.6 Å². The van der Waals surface area contributed by atoms with Gasteiger partial charge in [-0.3, -0.25) is 9.59 Å². The largest absolute Gasteiger partial charge is 0.320 e. The fourth-order valence-electron chi connectivity index (χ4n) is 2.78. The van der Waals surface area contributed by atoms with E-state index in [-0.39, 0.29) is 11.1 Å². The standard InChI is InChI=1S/C22H23N3O2/c1-15-14-19(26)20(24-25(15)18-8-6-5-7-9-18)21(27)23-17-12-10-16(11-13-17)22(2,3)4/h5-14H,1-4H3,(H,23,27). The lowest BCUT2D eigenvalue weighted by Gasteiger charge is -2.19. The highest BCUT2D eigenvalue weighted by Gasteiger charge is 2.17. The van der Waals surface area contributed by atoms with Crippen LogP contribution in [-0.4, -0.2) is 15.7 Å². The molecule has 5 nitrogen and oxygen atoms in total. The van der Waals surface area contributed by atoms with Crippen LogP contribution >= 0.6 is 0 Å². The minimum absolute atomic E-state index is 0.0322. The monoisotopic (exact) mass is 361 g/mol. The number of carbonyl (C=O) groups is 1. The van der Waals surface area contributed by atoms with Crippen molar-refractivity contribution in [3.05, 3.63) is 87.8 Å². The van der Waals surface area contributed by atoms with Crippen molar-refractivity contribution in [2.24, 2.45) is 0 Å². The molecular weight excluding hydrogens is 338 g/mol. The lowest BCUT2D eigenvalue weighted by Crippen LogP contribution is -2.26. The molecule has 0 spiro atoms. The van der Waals surface area contributed by atoms with Crippen molar-refractivity contribution in [1.29, 1.82) is 0 Å². The van der Waals surface area contributed by atoms with Crippen LogP contribution in [0, 0.1) is 6.92 Å². The van der Waals surface area contributed by atoms with E-state index in [9.17, 15) is 9.59 Å². The molecule has 0 unspecified atom stereocenters. The van der Waals surface area contributed by atoms with E-state index in [2.05, 4.69) is 31.2 Å². The van der Waals surface area contributed by atoms with Gasteiger partial charge in [-0.05, 0) is 42.2 Å². The summed E-state index contributed by atoms with van der Waals surface area (Å²) in [6.07, 6.45) is 0. The molecule has 5 heteroatoms. The van der Waals surface area contributed by atoms with Crippen molar-refractivity contribution in [1.82, 2.24) is 9.78 Å². The van der Waals surface area contributed by atoms with E-state index in [1.54, 1.807) is 11.6 Å². The molecule has 0 aliphatic carbocycles. The number of nitrogens with one attached hydrogen (secondary N) is 1. The van der Waals surface area contributed by atoms with Gasteiger partial charge in [0, 0.05) is 17.4 Å². The van der Waals surface area contributed by atoms with Crippen LogP contribution in [0.2, 0.25) is 0 Å². The highest BCUT2D eigenvalue weighted by atomic mass is 16.2. The molecule has 0 saturated heterocycles. The van der Waals surface area contributed by atoms with Gasteiger partial charge in [0.1, 0.15) is 0 Å². The van der Waals surface area contributed by atoms with E-state index >= 15 is 0 Å². The number of amides is 1. The number of rotatable bonds is 3. The molecule has 1 aromatic heterocycles. The molecule has 3 rings (SSSR count). The quantitative estimate of drug-likeness (QED) is 0.764. The molecule has 0 fully saturated rings. The predicted molar refractivity (Wildman–Crippen MR) is 108 cm³/mol. The Bertz CT molecular complexity index is 1010. The van der Waals surface area contributed by atoms with E-state index in [0.717, 1.165) is 5.69 Å². The maximum Gasteiger partial charge on any atom is 0.280 e. The summed E-state index contributed by atoms with van der Waals surface area (Å²) in [5, 5.41) is 7.05. The van der Waals surface area contributed by atoms with Gasteiger partial charge < -0.3 is 5.32 Å². The van der Waals surface area contributed by atoms with Crippen LogP contribution in [0.4, 0.5) is 5.69 Å². The molecule has 0 aliphatic heterocycles. The van der Waals surface area contributed by atoms with Gasteiger partial charge in [0.05, 0.1) is 5.69 Å². The van der Waals surface area contributed by atoms with Crippen LogP contribution in [-0.2, 0) is 5.41 Å². The summed E-state index contributed by atoms with van der Waals surface area (Å²) in [5.74, 6) is -0.520. The van der Waals surface area contributed by atoms with Crippen molar-refractivity contribution >= 4 is 11.6 Å². The summed E-state index contributed by atoms with van der Waals surface area (Å²) in [4.78, 5) is 24.9. The van der Waals surface area contributed by atoms with Gasteiger partial charge in [-0.1, -0.05) is 51.1 Å². The maximum absolute atomic E-state index is 12.6. The number of hydrogen-bond donors (Lipinski definition) is 1. The molecule has 1 heterocycles. The predicted octanol–water partition coefficient (Wildman–Crippen LogP) is 4.09. The fraction of sp³-hybridized carbons (Fsp3) is 0.227. The number of carbonyl (C=O) groups excluding carboxylic acids is 1. The summed E-state index contributed by atoms with van der Waals surface area (Å²) in [6.45, 7) is 8.17. The summed E-state index contributed by atoms with van der Waals surface area (Å²) in [6, 6.07) is 18.4. The lowest BCUT2D eigenvalue weighted by molar-refractivity contribution is 0.101. The molecule has 0 radical (unpaired) electrons. The van der Waals surface area contributed by atoms with Gasteiger partial charge in [0.2, 0.25) is 5.43 Å². The van der Waals surface area contributed by atoms with E-state index in [4.69, 9.17) is 0 Å². The zero-order valence-corrected chi connectivity index (χ0v) is 16.0. The Hall–Kier alpha value is -3.21. The zero-order valence-electron chi connectivity index (χ0n) is 16.0. The van der Waals surface area contributed by atoms with Gasteiger partial charge in [-0.2, -0.15) is 5.10 Å². The molecule has 3 aromatic rings. The second-order valence-electron chi connectivity index (χ2n) is 7.53. The van der Waals surface area contributed by atoms with Crippen LogP contribution < -0.4 is 10.7 Å². The summed E-state index contributed by atoms with van der Waals surface area (Å²) in [5.41, 5.74) is 2.75. The first-order valence-electron chi connectivity index (χ1n) is 8.84. The number of aryl methyl sites for hydroxylation is 1. The van der Waals surface area contributed by atoms with Crippen LogP contribution in [0.15, 0.2) is 65.5 Å². The van der Waals surface area contributed by atoms with Gasteiger partial charge in [-0.25, -0.2) is 4.68 Å². The molecule has 27 heavy (non-hydrogen) atoms. The number of para-hydroxylation sites is 1. The number of hydrogen-bond acceptors (Lipinski definition) is 3. The molecule has 1 amide bonds. The first-order chi connectivity index (χ1) is 12.8. The highest BCUT2D eigenvalue weighted by Crippen LogP contribution is 2.23. The Balaban J connectivity index is 1.90. The average molecular weight is 361 g/mol. The van der Waals surface area contributed by atoms with Crippen molar-refractivity contribution in [2.45, 2.75) is 33.1 Å². The third kappa shape index (κ3) is 4.14. The van der Waals surface area contributed by atoms with Crippen molar-refractivity contribution in [3.63, 3.8) is 0 Å². The van der Waals surface area contributed by atoms with Crippen LogP contribution in [0.5, 0.6) is 0 Å². The van der Waals surface area contributed by atoms with Crippen molar-refractivity contribution in [2.75, 3.05) is 5.32 Å². The Morgan fingerprint density at radius 3 is 2.22 bits per heavy atom. The number of benzene rings is 2. The van der Waals surface area contributed by atoms with Gasteiger partial charge in [-0.15, -0.1) is 0 Å².